The summed E-state index contributed by atoms with van der Waals surface area (Å²) in [6, 6.07) is 3.87. The van der Waals surface area contributed by atoms with E-state index in [1.54, 1.807) is 18.4 Å². The fourth-order valence-electron chi connectivity index (χ4n) is 1.47. The molecule has 0 aliphatic rings. The van der Waals surface area contributed by atoms with E-state index in [-0.39, 0.29) is 0 Å². The van der Waals surface area contributed by atoms with Crippen molar-refractivity contribution >= 4 is 21.6 Å². The van der Waals surface area contributed by atoms with Crippen molar-refractivity contribution in [2.45, 2.75) is 13.8 Å². The highest BCUT2D eigenvalue weighted by Crippen LogP contribution is 2.34. The number of benzene rings is 1. The fraction of sp³-hybridized carbons (Fsp3) is 0.364. The third-order valence-corrected chi connectivity index (χ3v) is 2.99. The van der Waals surface area contributed by atoms with E-state index in [1.807, 2.05) is 26.0 Å². The fourth-order valence-corrected chi connectivity index (χ4v) is 2.34. The van der Waals surface area contributed by atoms with Gasteiger partial charge < -0.3 is 9.47 Å². The molecular formula is C11H13NO2S. The van der Waals surface area contributed by atoms with E-state index in [2.05, 4.69) is 4.98 Å². The monoisotopic (exact) mass is 223 g/mol. The van der Waals surface area contributed by atoms with E-state index < -0.39 is 0 Å². The highest BCUT2D eigenvalue weighted by molar-refractivity contribution is 7.18. The molecule has 0 amide bonds. The van der Waals surface area contributed by atoms with Gasteiger partial charge in [-0.15, -0.1) is 11.3 Å². The van der Waals surface area contributed by atoms with Crippen LogP contribution in [0.15, 0.2) is 12.1 Å². The summed E-state index contributed by atoms with van der Waals surface area (Å²) in [5.74, 6) is 1.62. The molecule has 0 radical (unpaired) electrons. The van der Waals surface area contributed by atoms with Crippen LogP contribution in [0, 0.1) is 6.92 Å². The first-order chi connectivity index (χ1) is 7.24. The minimum atomic E-state index is 0.638. The zero-order valence-corrected chi connectivity index (χ0v) is 9.85. The predicted molar refractivity (Wildman–Crippen MR) is 62.1 cm³/mol. The molecule has 0 saturated heterocycles. The Morgan fingerprint density at radius 2 is 2.20 bits per heavy atom. The highest BCUT2D eigenvalue weighted by Gasteiger charge is 2.09. The van der Waals surface area contributed by atoms with Crippen LogP contribution in [0.3, 0.4) is 0 Å². The number of thiazole rings is 1. The van der Waals surface area contributed by atoms with Gasteiger partial charge in [0, 0.05) is 6.07 Å². The molecule has 1 aromatic carbocycles. The summed E-state index contributed by atoms with van der Waals surface area (Å²) >= 11 is 1.65. The second-order valence-electron chi connectivity index (χ2n) is 3.14. The minimum Gasteiger partial charge on any atom is -0.497 e. The van der Waals surface area contributed by atoms with Crippen LogP contribution in [0.4, 0.5) is 0 Å². The second kappa shape index (κ2) is 4.06. The maximum atomic E-state index is 5.54. The van der Waals surface area contributed by atoms with Crippen LogP contribution >= 0.6 is 11.3 Å². The van der Waals surface area contributed by atoms with E-state index >= 15 is 0 Å². The quantitative estimate of drug-likeness (QED) is 0.801. The summed E-state index contributed by atoms with van der Waals surface area (Å²) in [6.07, 6.45) is 0. The Balaban J connectivity index is 2.62. The smallest absolute Gasteiger partial charge is 0.150 e. The first-order valence-corrected chi connectivity index (χ1v) is 5.64. The van der Waals surface area contributed by atoms with E-state index in [0.717, 1.165) is 26.7 Å². The van der Waals surface area contributed by atoms with Gasteiger partial charge in [0.05, 0.1) is 23.4 Å². The molecule has 0 N–H and O–H groups in total. The van der Waals surface area contributed by atoms with Gasteiger partial charge in [0.25, 0.3) is 0 Å². The van der Waals surface area contributed by atoms with Gasteiger partial charge in [-0.25, -0.2) is 4.98 Å². The summed E-state index contributed by atoms with van der Waals surface area (Å²) in [5, 5.41) is 1.04. The molecule has 4 heteroatoms. The molecule has 15 heavy (non-hydrogen) atoms. The molecule has 0 aliphatic heterocycles. The van der Waals surface area contributed by atoms with Crippen molar-refractivity contribution in [2.24, 2.45) is 0 Å². The number of nitrogens with zero attached hydrogens (tertiary/aromatic N) is 1. The Kier molecular flexibility index (Phi) is 2.77. The Labute approximate surface area is 92.7 Å². The maximum absolute atomic E-state index is 5.54. The first kappa shape index (κ1) is 10.2. The molecule has 0 spiro atoms. The molecule has 2 rings (SSSR count). The van der Waals surface area contributed by atoms with Crippen molar-refractivity contribution < 1.29 is 9.47 Å². The molecule has 2 aromatic rings. The van der Waals surface area contributed by atoms with Gasteiger partial charge in [-0.1, -0.05) is 0 Å². The van der Waals surface area contributed by atoms with Crippen molar-refractivity contribution in [2.75, 3.05) is 13.7 Å². The zero-order valence-electron chi connectivity index (χ0n) is 9.03. The number of fused-ring (bicyclic) bond motifs is 1. The van der Waals surface area contributed by atoms with Gasteiger partial charge in [-0.3, -0.25) is 0 Å². The van der Waals surface area contributed by atoms with Crippen molar-refractivity contribution in [3.05, 3.63) is 17.1 Å². The van der Waals surface area contributed by atoms with Crippen LogP contribution in [0.5, 0.6) is 11.5 Å². The number of ether oxygens (including phenoxy) is 2. The van der Waals surface area contributed by atoms with Crippen LogP contribution < -0.4 is 9.47 Å². The highest BCUT2D eigenvalue weighted by atomic mass is 32.1. The van der Waals surface area contributed by atoms with Crippen LogP contribution in [0.1, 0.15) is 11.9 Å². The van der Waals surface area contributed by atoms with Gasteiger partial charge >= 0.3 is 0 Å². The standard InChI is InChI=1S/C11H13NO2S/c1-4-14-9-5-8(13-3)6-10-11(9)12-7(2)15-10/h5-6H,4H2,1-3H3. The molecule has 3 nitrogen and oxygen atoms in total. The van der Waals surface area contributed by atoms with E-state index in [0.29, 0.717) is 6.61 Å². The summed E-state index contributed by atoms with van der Waals surface area (Å²) < 4.78 is 11.9. The molecule has 1 aromatic heterocycles. The first-order valence-electron chi connectivity index (χ1n) is 4.82. The lowest BCUT2D eigenvalue weighted by Crippen LogP contribution is -1.93. The Morgan fingerprint density at radius 3 is 2.87 bits per heavy atom. The van der Waals surface area contributed by atoms with Crippen LogP contribution in [-0.2, 0) is 0 Å². The molecular weight excluding hydrogens is 210 g/mol. The van der Waals surface area contributed by atoms with Crippen LogP contribution in [0.25, 0.3) is 10.2 Å². The summed E-state index contributed by atoms with van der Waals surface area (Å²) in [6.45, 7) is 4.59. The second-order valence-corrected chi connectivity index (χ2v) is 4.37. The largest absolute Gasteiger partial charge is 0.497 e. The van der Waals surface area contributed by atoms with E-state index in [1.165, 1.54) is 0 Å². The molecule has 0 saturated carbocycles. The van der Waals surface area contributed by atoms with Crippen molar-refractivity contribution in [3.8, 4) is 11.5 Å². The van der Waals surface area contributed by atoms with Gasteiger partial charge in [-0.2, -0.15) is 0 Å². The Morgan fingerprint density at radius 1 is 1.40 bits per heavy atom. The van der Waals surface area contributed by atoms with Crippen molar-refractivity contribution in [1.82, 2.24) is 4.98 Å². The third-order valence-electron chi connectivity index (χ3n) is 2.08. The van der Waals surface area contributed by atoms with Gasteiger partial charge in [-0.05, 0) is 19.9 Å². The van der Waals surface area contributed by atoms with Gasteiger partial charge in [0.2, 0.25) is 0 Å². The summed E-state index contributed by atoms with van der Waals surface area (Å²) in [5.41, 5.74) is 0.931. The van der Waals surface area contributed by atoms with Crippen molar-refractivity contribution in [3.63, 3.8) is 0 Å². The average Bonchev–Trinajstić information content (AvgIpc) is 2.58. The predicted octanol–water partition coefficient (Wildman–Crippen LogP) is 3.01. The number of hydrogen-bond donors (Lipinski definition) is 0. The third kappa shape index (κ3) is 1.90. The normalized spacial score (nSPS) is 10.6. The Bertz CT molecular complexity index is 479. The SMILES string of the molecule is CCOc1cc(OC)cc2sc(C)nc12. The number of aryl methyl sites for hydroxylation is 1. The van der Waals surface area contributed by atoms with Crippen molar-refractivity contribution in [1.29, 1.82) is 0 Å². The molecule has 80 valence electrons. The minimum absolute atomic E-state index is 0.638. The van der Waals surface area contributed by atoms with E-state index in [4.69, 9.17) is 9.47 Å². The number of hydrogen-bond acceptors (Lipinski definition) is 4. The molecule has 0 atom stereocenters. The molecule has 0 fully saturated rings. The number of rotatable bonds is 3. The molecule has 1 heterocycles. The zero-order chi connectivity index (χ0) is 10.8. The lowest BCUT2D eigenvalue weighted by atomic mass is 10.3. The Hall–Kier alpha value is -1.29. The average molecular weight is 223 g/mol. The lowest BCUT2D eigenvalue weighted by Gasteiger charge is -2.06. The summed E-state index contributed by atoms with van der Waals surface area (Å²) in [4.78, 5) is 4.45. The molecule has 0 unspecified atom stereocenters. The van der Waals surface area contributed by atoms with Crippen LogP contribution in [-0.4, -0.2) is 18.7 Å². The van der Waals surface area contributed by atoms with Gasteiger partial charge in [0.15, 0.2) is 0 Å². The summed E-state index contributed by atoms with van der Waals surface area (Å²) in [7, 11) is 1.66. The molecule has 0 bridgehead atoms. The topological polar surface area (TPSA) is 31.4 Å². The maximum Gasteiger partial charge on any atom is 0.150 e. The van der Waals surface area contributed by atoms with Gasteiger partial charge in [0.1, 0.15) is 17.0 Å². The van der Waals surface area contributed by atoms with E-state index in [9.17, 15) is 0 Å². The number of methoxy groups -OCH3 is 1. The lowest BCUT2D eigenvalue weighted by molar-refractivity contribution is 0.340. The number of aromatic nitrogens is 1. The molecule has 0 aliphatic carbocycles. The van der Waals surface area contributed by atoms with Crippen LogP contribution in [0.2, 0.25) is 0 Å².